The molecule has 3 rings (SSSR count). The van der Waals surface area contributed by atoms with Crippen molar-refractivity contribution in [2.24, 2.45) is 5.92 Å². The number of anilines is 1. The van der Waals surface area contributed by atoms with E-state index in [1.807, 2.05) is 37.3 Å². The summed E-state index contributed by atoms with van der Waals surface area (Å²) in [5.74, 6) is 0.176. The van der Waals surface area contributed by atoms with Crippen LogP contribution in [0.25, 0.3) is 0 Å². The first-order chi connectivity index (χ1) is 12.5. The summed E-state index contributed by atoms with van der Waals surface area (Å²) < 4.78 is 5.55. The van der Waals surface area contributed by atoms with Crippen molar-refractivity contribution in [3.63, 3.8) is 0 Å². The molecule has 0 unspecified atom stereocenters. The smallest absolute Gasteiger partial charge is 0.227 e. The summed E-state index contributed by atoms with van der Waals surface area (Å²) in [6.07, 6.45) is 0.231. The van der Waals surface area contributed by atoms with Gasteiger partial charge in [-0.3, -0.25) is 9.59 Å². The van der Waals surface area contributed by atoms with Crippen molar-refractivity contribution >= 4 is 29.1 Å². The van der Waals surface area contributed by atoms with Gasteiger partial charge in [-0.1, -0.05) is 35.4 Å². The van der Waals surface area contributed by atoms with Gasteiger partial charge in [0, 0.05) is 23.7 Å². The Hall–Kier alpha value is -2.53. The second kappa shape index (κ2) is 8.23. The molecule has 0 aliphatic carbocycles. The predicted octanol–water partition coefficient (Wildman–Crippen LogP) is 3.20. The third-order valence-electron chi connectivity index (χ3n) is 4.31. The summed E-state index contributed by atoms with van der Waals surface area (Å²) in [6, 6.07) is 14.8. The number of aryl methyl sites for hydroxylation is 1. The van der Waals surface area contributed by atoms with Crippen LogP contribution >= 0.6 is 11.6 Å². The van der Waals surface area contributed by atoms with Gasteiger partial charge in [0.05, 0.1) is 12.5 Å². The number of ether oxygens (including phenoxy) is 1. The van der Waals surface area contributed by atoms with Crippen LogP contribution in [-0.2, 0) is 9.59 Å². The summed E-state index contributed by atoms with van der Waals surface area (Å²) >= 11 is 5.89. The molecule has 6 heteroatoms. The molecule has 1 aliphatic rings. The molecule has 0 saturated carbocycles. The fourth-order valence-electron chi connectivity index (χ4n) is 2.90. The molecule has 0 aromatic heterocycles. The second-order valence-electron chi connectivity index (χ2n) is 6.34. The molecule has 2 amide bonds. The van der Waals surface area contributed by atoms with E-state index in [9.17, 15) is 9.59 Å². The van der Waals surface area contributed by atoms with Gasteiger partial charge in [0.25, 0.3) is 0 Å². The molecule has 0 radical (unpaired) electrons. The number of rotatable bonds is 6. The molecule has 1 atom stereocenters. The fourth-order valence-corrected chi connectivity index (χ4v) is 3.08. The Morgan fingerprint density at radius 1 is 1.27 bits per heavy atom. The van der Waals surface area contributed by atoms with Crippen LogP contribution in [0.3, 0.4) is 0 Å². The van der Waals surface area contributed by atoms with E-state index >= 15 is 0 Å². The first-order valence-electron chi connectivity index (χ1n) is 8.56. The van der Waals surface area contributed by atoms with Gasteiger partial charge in [0.15, 0.2) is 0 Å². The zero-order chi connectivity index (χ0) is 18.5. The summed E-state index contributed by atoms with van der Waals surface area (Å²) in [7, 11) is 0. The van der Waals surface area contributed by atoms with Crippen LogP contribution in [0.15, 0.2) is 48.5 Å². The molecule has 136 valence electrons. The van der Waals surface area contributed by atoms with Gasteiger partial charge in [-0.25, -0.2) is 0 Å². The molecular formula is C20H21ClN2O3. The van der Waals surface area contributed by atoms with Gasteiger partial charge in [0.1, 0.15) is 12.4 Å². The quantitative estimate of drug-likeness (QED) is 0.792. The lowest BCUT2D eigenvalue weighted by atomic mass is 10.1. The Balaban J connectivity index is 1.46. The molecule has 26 heavy (non-hydrogen) atoms. The number of halogens is 1. The Labute approximate surface area is 157 Å². The Morgan fingerprint density at radius 2 is 2.04 bits per heavy atom. The predicted molar refractivity (Wildman–Crippen MR) is 102 cm³/mol. The normalized spacial score (nSPS) is 16.6. The van der Waals surface area contributed by atoms with Gasteiger partial charge in [-0.2, -0.15) is 0 Å². The van der Waals surface area contributed by atoms with Crippen molar-refractivity contribution in [2.45, 2.75) is 13.3 Å². The largest absolute Gasteiger partial charge is 0.492 e. The van der Waals surface area contributed by atoms with Crippen molar-refractivity contribution in [3.05, 3.63) is 59.1 Å². The Morgan fingerprint density at radius 3 is 2.77 bits per heavy atom. The van der Waals surface area contributed by atoms with Gasteiger partial charge in [-0.15, -0.1) is 0 Å². The molecule has 1 fully saturated rings. The number of nitrogens with zero attached hydrogens (tertiary/aromatic N) is 1. The molecular weight excluding hydrogens is 352 g/mol. The SMILES string of the molecule is Cc1ccc(N2C[C@@H](C(=O)NCCOc3cccc(Cl)c3)CC2=O)cc1. The third kappa shape index (κ3) is 4.55. The maximum Gasteiger partial charge on any atom is 0.227 e. The number of carbonyl (C=O) groups excluding carboxylic acids is 2. The first kappa shape index (κ1) is 18.3. The molecule has 1 N–H and O–H groups in total. The van der Waals surface area contributed by atoms with E-state index in [1.165, 1.54) is 0 Å². The van der Waals surface area contributed by atoms with Crippen LogP contribution < -0.4 is 15.0 Å². The lowest BCUT2D eigenvalue weighted by Gasteiger charge is -2.17. The lowest BCUT2D eigenvalue weighted by Crippen LogP contribution is -2.35. The topological polar surface area (TPSA) is 58.6 Å². The van der Waals surface area contributed by atoms with Gasteiger partial charge in [-0.05, 0) is 37.3 Å². The van der Waals surface area contributed by atoms with E-state index in [0.29, 0.717) is 30.5 Å². The highest BCUT2D eigenvalue weighted by Crippen LogP contribution is 2.25. The number of benzene rings is 2. The van der Waals surface area contributed by atoms with Crippen LogP contribution in [0.4, 0.5) is 5.69 Å². The van der Waals surface area contributed by atoms with Crippen molar-refractivity contribution in [1.29, 1.82) is 0 Å². The minimum absolute atomic E-state index is 0.0239. The molecule has 2 aromatic rings. The number of nitrogens with one attached hydrogen (secondary N) is 1. The second-order valence-corrected chi connectivity index (χ2v) is 6.77. The highest BCUT2D eigenvalue weighted by atomic mass is 35.5. The molecule has 5 nitrogen and oxygen atoms in total. The highest BCUT2D eigenvalue weighted by molar-refractivity contribution is 6.30. The number of hydrogen-bond acceptors (Lipinski definition) is 3. The summed E-state index contributed by atoms with van der Waals surface area (Å²) in [5.41, 5.74) is 1.97. The van der Waals surface area contributed by atoms with E-state index < -0.39 is 0 Å². The zero-order valence-electron chi connectivity index (χ0n) is 14.6. The molecule has 1 heterocycles. The maximum atomic E-state index is 12.3. The van der Waals surface area contributed by atoms with Crippen molar-refractivity contribution in [3.8, 4) is 5.75 Å². The first-order valence-corrected chi connectivity index (χ1v) is 8.94. The van der Waals surface area contributed by atoms with Crippen LogP contribution in [0.5, 0.6) is 5.75 Å². The van der Waals surface area contributed by atoms with Crippen LogP contribution in [0.2, 0.25) is 5.02 Å². The molecule has 0 spiro atoms. The number of carbonyl (C=O) groups is 2. The van der Waals surface area contributed by atoms with Gasteiger partial charge in [0.2, 0.25) is 11.8 Å². The monoisotopic (exact) mass is 372 g/mol. The number of hydrogen-bond donors (Lipinski definition) is 1. The minimum Gasteiger partial charge on any atom is -0.492 e. The fraction of sp³-hybridized carbons (Fsp3) is 0.300. The molecule has 1 aliphatic heterocycles. The van der Waals surface area contributed by atoms with Crippen molar-refractivity contribution < 1.29 is 14.3 Å². The molecule has 1 saturated heterocycles. The summed E-state index contributed by atoms with van der Waals surface area (Å²) in [4.78, 5) is 26.2. The average molecular weight is 373 g/mol. The summed E-state index contributed by atoms with van der Waals surface area (Å²) in [5, 5.41) is 3.44. The van der Waals surface area contributed by atoms with Crippen LogP contribution in [-0.4, -0.2) is 31.5 Å². The van der Waals surface area contributed by atoms with Crippen LogP contribution in [0, 0.1) is 12.8 Å². The van der Waals surface area contributed by atoms with E-state index in [2.05, 4.69) is 5.32 Å². The van der Waals surface area contributed by atoms with Crippen LogP contribution in [0.1, 0.15) is 12.0 Å². The van der Waals surface area contributed by atoms with Gasteiger partial charge < -0.3 is 15.0 Å². The minimum atomic E-state index is -0.338. The van der Waals surface area contributed by atoms with Crippen molar-refractivity contribution in [2.75, 3.05) is 24.6 Å². The van der Waals surface area contributed by atoms with Crippen molar-refractivity contribution in [1.82, 2.24) is 5.32 Å². The van der Waals surface area contributed by atoms with E-state index in [-0.39, 0.29) is 24.2 Å². The highest BCUT2D eigenvalue weighted by Gasteiger charge is 2.34. The Bertz CT molecular complexity index is 792. The molecule has 2 aromatic carbocycles. The van der Waals surface area contributed by atoms with Gasteiger partial charge >= 0.3 is 0 Å². The van der Waals surface area contributed by atoms with E-state index in [0.717, 1.165) is 11.3 Å². The zero-order valence-corrected chi connectivity index (χ0v) is 15.3. The van der Waals surface area contributed by atoms with E-state index in [4.69, 9.17) is 16.3 Å². The summed E-state index contributed by atoms with van der Waals surface area (Å²) in [6.45, 7) is 3.12. The Kier molecular flexibility index (Phi) is 5.78. The lowest BCUT2D eigenvalue weighted by molar-refractivity contribution is -0.126. The van der Waals surface area contributed by atoms with E-state index in [1.54, 1.807) is 23.1 Å². The molecule has 0 bridgehead atoms. The maximum absolute atomic E-state index is 12.3. The number of amides is 2. The standard InChI is InChI=1S/C20H21ClN2O3/c1-14-5-7-17(8-6-14)23-13-15(11-19(23)24)20(25)22-9-10-26-18-4-2-3-16(21)12-18/h2-8,12,15H,9-11,13H2,1H3,(H,22,25)/t15-/m0/s1. The average Bonchev–Trinajstić information content (AvgIpc) is 3.01. The third-order valence-corrected chi connectivity index (χ3v) is 4.54.